The van der Waals surface area contributed by atoms with E-state index in [2.05, 4.69) is 15.0 Å². The molecule has 1 N–H and O–H groups in total. The zero-order valence-corrected chi connectivity index (χ0v) is 15.3. The Bertz CT molecular complexity index is 1080. The van der Waals surface area contributed by atoms with E-state index in [-0.39, 0.29) is 11.0 Å². The van der Waals surface area contributed by atoms with Crippen LogP contribution in [0.1, 0.15) is 21.5 Å². The summed E-state index contributed by atoms with van der Waals surface area (Å²) in [5.74, 6) is -0.403. The first-order valence-corrected chi connectivity index (χ1v) is 9.04. The van der Waals surface area contributed by atoms with Crippen LogP contribution in [0, 0.1) is 6.92 Å². The minimum absolute atomic E-state index is 0.119. The second-order valence-corrected chi connectivity index (χ2v) is 7.39. The van der Waals surface area contributed by atoms with Gasteiger partial charge in [-0.2, -0.15) is 0 Å². The molecule has 3 aromatic rings. The third-order valence-corrected chi connectivity index (χ3v) is 5.42. The molecule has 1 spiro atoms. The molecule has 5 rings (SSSR count). The number of fused-ring (bicyclic) bond motifs is 2. The van der Waals surface area contributed by atoms with Crippen LogP contribution in [-0.4, -0.2) is 45.8 Å². The lowest BCUT2D eigenvalue weighted by molar-refractivity contribution is -0.0507. The Hall–Kier alpha value is -3.32. The van der Waals surface area contributed by atoms with E-state index in [0.29, 0.717) is 25.7 Å². The quantitative estimate of drug-likeness (QED) is 0.754. The van der Waals surface area contributed by atoms with Crippen molar-refractivity contribution in [1.82, 2.24) is 15.0 Å². The van der Waals surface area contributed by atoms with E-state index in [9.17, 15) is 9.90 Å². The fraction of sp³-hybridized carbons (Fsp3) is 0.238. The first-order valence-electron chi connectivity index (χ1n) is 9.04. The smallest absolute Gasteiger partial charge is 0.335 e. The Balaban J connectivity index is 1.53. The Labute approximate surface area is 161 Å². The topological polar surface area (TPSA) is 88.4 Å². The van der Waals surface area contributed by atoms with Crippen molar-refractivity contribution in [2.24, 2.45) is 0 Å². The molecule has 2 aromatic heterocycles. The van der Waals surface area contributed by atoms with Crippen molar-refractivity contribution in [2.75, 3.05) is 24.7 Å². The fourth-order valence-electron chi connectivity index (χ4n) is 3.87. The molecule has 1 aromatic carbocycles. The molecule has 2 aliphatic heterocycles. The average molecular weight is 374 g/mol. The maximum Gasteiger partial charge on any atom is 0.335 e. The van der Waals surface area contributed by atoms with Gasteiger partial charge >= 0.3 is 5.97 Å². The molecule has 0 atom stereocenters. The van der Waals surface area contributed by atoms with E-state index in [1.807, 2.05) is 30.0 Å². The highest BCUT2D eigenvalue weighted by molar-refractivity contribution is 5.90. The molecule has 0 amide bonds. The second kappa shape index (κ2) is 6.10. The standard InChI is InChI=1S/C21H18N4O3/c1-13-4-5-22-17(6-13)15-8-23-20(24-9-15)25-10-21(11-28-12-21)16-3-2-14(19(26)27)7-18(16)25/h2-9H,10-12H2,1H3,(H,26,27). The molecule has 1 fully saturated rings. The SMILES string of the molecule is Cc1ccnc(-c2cnc(N3CC4(COC4)c4ccc(C(=O)O)cc43)nc2)c1. The summed E-state index contributed by atoms with van der Waals surface area (Å²) < 4.78 is 5.47. The molecule has 0 bridgehead atoms. The maximum absolute atomic E-state index is 11.4. The summed E-state index contributed by atoms with van der Waals surface area (Å²) in [5, 5.41) is 9.38. The number of hydrogen-bond acceptors (Lipinski definition) is 6. The van der Waals surface area contributed by atoms with E-state index < -0.39 is 5.97 Å². The molecule has 0 unspecified atom stereocenters. The molecule has 28 heavy (non-hydrogen) atoms. The highest BCUT2D eigenvalue weighted by Crippen LogP contribution is 2.47. The molecular weight excluding hydrogens is 356 g/mol. The van der Waals surface area contributed by atoms with Gasteiger partial charge in [-0.15, -0.1) is 0 Å². The summed E-state index contributed by atoms with van der Waals surface area (Å²) in [6.45, 7) is 3.93. The van der Waals surface area contributed by atoms with Crippen LogP contribution in [0.3, 0.4) is 0 Å². The minimum Gasteiger partial charge on any atom is -0.478 e. The summed E-state index contributed by atoms with van der Waals surface area (Å²) in [6, 6.07) is 9.18. The Morgan fingerprint density at radius 3 is 2.57 bits per heavy atom. The van der Waals surface area contributed by atoms with E-state index in [4.69, 9.17) is 4.74 Å². The number of carbonyl (C=O) groups is 1. The Morgan fingerprint density at radius 2 is 1.93 bits per heavy atom. The van der Waals surface area contributed by atoms with Crippen LogP contribution >= 0.6 is 0 Å². The molecule has 2 aliphatic rings. The van der Waals surface area contributed by atoms with Crippen molar-refractivity contribution in [3.05, 3.63) is 65.6 Å². The number of anilines is 2. The average Bonchev–Trinajstić information content (AvgIpc) is 3.03. The van der Waals surface area contributed by atoms with Crippen molar-refractivity contribution in [3.63, 3.8) is 0 Å². The van der Waals surface area contributed by atoms with Crippen LogP contribution in [-0.2, 0) is 10.2 Å². The maximum atomic E-state index is 11.4. The summed E-state index contributed by atoms with van der Waals surface area (Å²) in [6.07, 6.45) is 5.28. The van der Waals surface area contributed by atoms with Gasteiger partial charge in [0.25, 0.3) is 0 Å². The number of pyridine rings is 1. The van der Waals surface area contributed by atoms with Crippen LogP contribution in [0.5, 0.6) is 0 Å². The normalized spacial score (nSPS) is 16.7. The molecule has 1 saturated heterocycles. The number of aromatic carboxylic acids is 1. The molecule has 140 valence electrons. The van der Waals surface area contributed by atoms with Crippen molar-refractivity contribution < 1.29 is 14.6 Å². The molecular formula is C21H18N4O3. The number of carboxylic acids is 1. The highest BCUT2D eigenvalue weighted by Gasteiger charge is 2.49. The second-order valence-electron chi connectivity index (χ2n) is 7.39. The highest BCUT2D eigenvalue weighted by atomic mass is 16.5. The van der Waals surface area contributed by atoms with Gasteiger partial charge in [0.05, 0.1) is 29.9 Å². The van der Waals surface area contributed by atoms with E-state index >= 15 is 0 Å². The number of rotatable bonds is 3. The van der Waals surface area contributed by atoms with Crippen molar-refractivity contribution in [3.8, 4) is 11.3 Å². The van der Waals surface area contributed by atoms with Crippen molar-refractivity contribution in [1.29, 1.82) is 0 Å². The number of ether oxygens (including phenoxy) is 1. The Kier molecular flexibility index (Phi) is 3.67. The summed E-state index contributed by atoms with van der Waals surface area (Å²) >= 11 is 0. The van der Waals surface area contributed by atoms with Gasteiger partial charge in [0.2, 0.25) is 5.95 Å². The van der Waals surface area contributed by atoms with Crippen LogP contribution in [0.4, 0.5) is 11.6 Å². The van der Waals surface area contributed by atoms with Gasteiger partial charge in [-0.1, -0.05) is 6.07 Å². The van der Waals surface area contributed by atoms with E-state index in [1.54, 1.807) is 30.7 Å². The third-order valence-electron chi connectivity index (χ3n) is 5.42. The van der Waals surface area contributed by atoms with Crippen molar-refractivity contribution >= 4 is 17.6 Å². The number of aryl methyl sites for hydroxylation is 1. The third kappa shape index (κ3) is 2.55. The van der Waals surface area contributed by atoms with Crippen LogP contribution in [0.15, 0.2) is 48.9 Å². The predicted molar refractivity (Wildman–Crippen MR) is 103 cm³/mol. The van der Waals surface area contributed by atoms with Gasteiger partial charge in [-0.05, 0) is 42.3 Å². The molecule has 7 heteroatoms. The van der Waals surface area contributed by atoms with Crippen LogP contribution < -0.4 is 4.90 Å². The van der Waals surface area contributed by atoms with Gasteiger partial charge in [-0.3, -0.25) is 4.98 Å². The van der Waals surface area contributed by atoms with Gasteiger partial charge in [-0.25, -0.2) is 14.8 Å². The summed E-state index contributed by atoms with van der Waals surface area (Å²) in [4.78, 5) is 26.9. The van der Waals surface area contributed by atoms with Gasteiger partial charge < -0.3 is 14.7 Å². The lowest BCUT2D eigenvalue weighted by atomic mass is 9.80. The van der Waals surface area contributed by atoms with E-state index in [0.717, 1.165) is 28.1 Å². The largest absolute Gasteiger partial charge is 0.478 e. The molecule has 0 saturated carbocycles. The number of nitrogens with zero attached hydrogens (tertiary/aromatic N) is 4. The number of aromatic nitrogens is 3. The molecule has 0 aliphatic carbocycles. The summed E-state index contributed by atoms with van der Waals surface area (Å²) in [7, 11) is 0. The first-order chi connectivity index (χ1) is 13.6. The zero-order valence-electron chi connectivity index (χ0n) is 15.3. The van der Waals surface area contributed by atoms with Gasteiger partial charge in [0.1, 0.15) is 0 Å². The zero-order chi connectivity index (χ0) is 19.3. The van der Waals surface area contributed by atoms with E-state index in [1.165, 1.54) is 0 Å². The Morgan fingerprint density at radius 1 is 1.14 bits per heavy atom. The minimum atomic E-state index is -0.949. The van der Waals surface area contributed by atoms with Gasteiger partial charge in [0.15, 0.2) is 0 Å². The number of carboxylic acid groups (broad SMARTS) is 1. The number of benzene rings is 1. The first kappa shape index (κ1) is 16.8. The predicted octanol–water partition coefficient (Wildman–Crippen LogP) is 2.96. The van der Waals surface area contributed by atoms with Crippen LogP contribution in [0.25, 0.3) is 11.3 Å². The fourth-order valence-corrected chi connectivity index (χ4v) is 3.87. The molecule has 7 nitrogen and oxygen atoms in total. The van der Waals surface area contributed by atoms with Crippen LogP contribution in [0.2, 0.25) is 0 Å². The number of hydrogen-bond donors (Lipinski definition) is 1. The monoisotopic (exact) mass is 374 g/mol. The lowest BCUT2D eigenvalue weighted by Gasteiger charge is -2.38. The molecule has 4 heterocycles. The lowest BCUT2D eigenvalue weighted by Crippen LogP contribution is -2.49. The van der Waals surface area contributed by atoms with Crippen molar-refractivity contribution in [2.45, 2.75) is 12.3 Å². The summed E-state index contributed by atoms with van der Waals surface area (Å²) in [5.41, 5.74) is 4.85. The molecule has 0 radical (unpaired) electrons. The van der Waals surface area contributed by atoms with Gasteiger partial charge in [0, 0.05) is 36.4 Å².